The van der Waals surface area contributed by atoms with Crippen LogP contribution in [0.5, 0.6) is 5.75 Å². The Morgan fingerprint density at radius 1 is 1.14 bits per heavy atom. The molecule has 3 rings (SSSR count). The quantitative estimate of drug-likeness (QED) is 0.753. The lowest BCUT2D eigenvalue weighted by Gasteiger charge is -2.22. The van der Waals surface area contributed by atoms with Gasteiger partial charge in [0.1, 0.15) is 11.4 Å². The van der Waals surface area contributed by atoms with Crippen LogP contribution in [0.15, 0.2) is 30.3 Å². The molecule has 0 aliphatic carbocycles. The molecular formula is C17H20ClN3O. The lowest BCUT2D eigenvalue weighted by atomic mass is 10.0. The summed E-state index contributed by atoms with van der Waals surface area (Å²) >= 11 is 6.02. The molecule has 0 aromatic heterocycles. The van der Waals surface area contributed by atoms with Crippen LogP contribution in [-0.4, -0.2) is 5.11 Å². The van der Waals surface area contributed by atoms with Crippen LogP contribution >= 0.6 is 11.6 Å². The molecule has 0 bridgehead atoms. The van der Waals surface area contributed by atoms with Gasteiger partial charge in [0, 0.05) is 5.02 Å². The van der Waals surface area contributed by atoms with Crippen molar-refractivity contribution in [3.63, 3.8) is 0 Å². The molecule has 2 aromatic rings. The summed E-state index contributed by atoms with van der Waals surface area (Å²) in [5, 5.41) is 12.8. The predicted molar refractivity (Wildman–Crippen MR) is 92.6 cm³/mol. The predicted octanol–water partition coefficient (Wildman–Crippen LogP) is 4.87. The van der Waals surface area contributed by atoms with Crippen LogP contribution in [0.4, 0.5) is 17.1 Å². The third-order valence-electron chi connectivity index (χ3n) is 3.85. The van der Waals surface area contributed by atoms with Crippen LogP contribution in [0.3, 0.4) is 0 Å². The second-order valence-electron chi connectivity index (χ2n) is 5.63. The molecule has 0 fully saturated rings. The number of anilines is 3. The van der Waals surface area contributed by atoms with Crippen molar-refractivity contribution < 1.29 is 5.11 Å². The Bertz CT molecular complexity index is 703. The van der Waals surface area contributed by atoms with Crippen LogP contribution in [0.25, 0.3) is 0 Å². The first kappa shape index (κ1) is 14.9. The van der Waals surface area contributed by atoms with Crippen molar-refractivity contribution in [2.24, 2.45) is 0 Å². The molecule has 3 N–H and O–H groups in total. The van der Waals surface area contributed by atoms with Crippen molar-refractivity contribution in [3.8, 4) is 5.75 Å². The van der Waals surface area contributed by atoms with Gasteiger partial charge < -0.3 is 5.11 Å². The zero-order valence-electron chi connectivity index (χ0n) is 12.8. The molecule has 0 atom stereocenters. The highest BCUT2D eigenvalue weighted by atomic mass is 35.5. The summed E-state index contributed by atoms with van der Waals surface area (Å²) in [4.78, 5) is 0. The average molecular weight is 318 g/mol. The first-order valence-electron chi connectivity index (χ1n) is 7.54. The number of aromatic hydroxyl groups is 1. The van der Waals surface area contributed by atoms with Gasteiger partial charge in [0.15, 0.2) is 0 Å². The molecule has 22 heavy (non-hydrogen) atoms. The fourth-order valence-electron chi connectivity index (χ4n) is 2.63. The van der Waals surface area contributed by atoms with Crippen molar-refractivity contribution in [1.29, 1.82) is 0 Å². The van der Waals surface area contributed by atoms with E-state index < -0.39 is 0 Å². The number of hydrazine groups is 2. The first-order chi connectivity index (χ1) is 10.6. The molecule has 1 heterocycles. The standard InChI is InChI=1S/C17H20ClN3O/c1-3-4-5-12-8-11(2)17(22)16(9-12)21-19-14-7-6-13(18)10-15(14)20-21/h6-10,19-20,22H,3-5H2,1-2H3. The number of hydrogen-bond acceptors (Lipinski definition) is 4. The summed E-state index contributed by atoms with van der Waals surface area (Å²) < 4.78 is 0. The molecule has 0 unspecified atom stereocenters. The van der Waals surface area contributed by atoms with Gasteiger partial charge in [-0.25, -0.2) is 0 Å². The van der Waals surface area contributed by atoms with E-state index in [1.54, 1.807) is 5.12 Å². The molecular weight excluding hydrogens is 298 g/mol. The summed E-state index contributed by atoms with van der Waals surface area (Å²) in [6.07, 6.45) is 3.30. The molecule has 116 valence electrons. The highest BCUT2D eigenvalue weighted by molar-refractivity contribution is 6.31. The molecule has 0 saturated heterocycles. The van der Waals surface area contributed by atoms with Crippen LogP contribution < -0.4 is 16.0 Å². The minimum absolute atomic E-state index is 0.277. The van der Waals surface area contributed by atoms with Gasteiger partial charge in [-0.05, 0) is 55.2 Å². The maximum Gasteiger partial charge on any atom is 0.145 e. The number of phenols is 1. The summed E-state index contributed by atoms with van der Waals surface area (Å²) in [7, 11) is 0. The fraction of sp³-hybridized carbons (Fsp3) is 0.294. The number of benzene rings is 2. The third kappa shape index (κ3) is 2.79. The number of hydrogen-bond donors (Lipinski definition) is 3. The third-order valence-corrected chi connectivity index (χ3v) is 4.08. The van der Waals surface area contributed by atoms with Crippen LogP contribution in [-0.2, 0) is 6.42 Å². The maximum absolute atomic E-state index is 10.4. The Kier molecular flexibility index (Phi) is 4.03. The summed E-state index contributed by atoms with van der Waals surface area (Å²) in [5.41, 5.74) is 11.1. The summed E-state index contributed by atoms with van der Waals surface area (Å²) in [6, 6.07) is 9.67. The summed E-state index contributed by atoms with van der Waals surface area (Å²) in [5.74, 6) is 0.277. The maximum atomic E-state index is 10.4. The van der Waals surface area contributed by atoms with Gasteiger partial charge in [-0.2, -0.15) is 5.12 Å². The first-order valence-corrected chi connectivity index (χ1v) is 7.91. The smallest absolute Gasteiger partial charge is 0.145 e. The molecule has 0 spiro atoms. The number of nitrogens with one attached hydrogen (secondary N) is 2. The summed E-state index contributed by atoms with van der Waals surface area (Å²) in [6.45, 7) is 4.10. The SMILES string of the molecule is CCCCc1cc(C)c(O)c(N2Nc3ccc(Cl)cc3N2)c1. The molecule has 1 aliphatic rings. The Labute approximate surface area is 135 Å². The van der Waals surface area contributed by atoms with Crippen LogP contribution in [0.1, 0.15) is 30.9 Å². The van der Waals surface area contributed by atoms with Gasteiger partial charge in [0.2, 0.25) is 0 Å². The molecule has 5 heteroatoms. The van der Waals surface area contributed by atoms with Crippen LogP contribution in [0, 0.1) is 6.92 Å². The number of fused-ring (bicyclic) bond motifs is 1. The van der Waals surface area contributed by atoms with Crippen molar-refractivity contribution in [1.82, 2.24) is 0 Å². The molecule has 4 nitrogen and oxygen atoms in total. The Morgan fingerprint density at radius 2 is 1.91 bits per heavy atom. The minimum atomic E-state index is 0.277. The van der Waals surface area contributed by atoms with E-state index in [9.17, 15) is 5.11 Å². The molecule has 0 radical (unpaired) electrons. The lowest BCUT2D eigenvalue weighted by Crippen LogP contribution is -2.29. The molecule has 2 aromatic carbocycles. The van der Waals surface area contributed by atoms with Crippen molar-refractivity contribution in [3.05, 3.63) is 46.5 Å². The van der Waals surface area contributed by atoms with Gasteiger partial charge in [0.05, 0.1) is 11.4 Å². The number of halogens is 1. The molecule has 0 amide bonds. The highest BCUT2D eigenvalue weighted by Gasteiger charge is 2.22. The molecule has 1 aliphatic heterocycles. The van der Waals surface area contributed by atoms with Gasteiger partial charge in [-0.15, -0.1) is 0 Å². The van der Waals surface area contributed by atoms with Crippen molar-refractivity contribution in [2.45, 2.75) is 33.1 Å². The second kappa shape index (κ2) is 5.97. The zero-order chi connectivity index (χ0) is 15.7. The van der Waals surface area contributed by atoms with Gasteiger partial charge in [-0.3, -0.25) is 10.9 Å². The van der Waals surface area contributed by atoms with Gasteiger partial charge >= 0.3 is 0 Å². The van der Waals surface area contributed by atoms with Crippen LogP contribution in [0.2, 0.25) is 5.02 Å². The van der Waals surface area contributed by atoms with E-state index in [0.29, 0.717) is 5.02 Å². The zero-order valence-corrected chi connectivity index (χ0v) is 13.5. The largest absolute Gasteiger partial charge is 0.505 e. The fourth-order valence-corrected chi connectivity index (χ4v) is 2.80. The minimum Gasteiger partial charge on any atom is -0.505 e. The Morgan fingerprint density at radius 3 is 2.68 bits per heavy atom. The van der Waals surface area contributed by atoms with E-state index in [1.807, 2.05) is 31.2 Å². The number of rotatable bonds is 4. The van der Waals surface area contributed by atoms with Crippen molar-refractivity contribution >= 4 is 28.7 Å². The Balaban J connectivity index is 1.91. The van der Waals surface area contributed by atoms with E-state index in [-0.39, 0.29) is 5.75 Å². The number of aryl methyl sites for hydroxylation is 2. The molecule has 0 saturated carbocycles. The van der Waals surface area contributed by atoms with E-state index >= 15 is 0 Å². The van der Waals surface area contributed by atoms with Crippen molar-refractivity contribution in [2.75, 3.05) is 16.0 Å². The second-order valence-corrected chi connectivity index (χ2v) is 6.07. The average Bonchev–Trinajstić information content (AvgIpc) is 2.91. The van der Waals surface area contributed by atoms with E-state index in [2.05, 4.69) is 23.8 Å². The highest BCUT2D eigenvalue weighted by Crippen LogP contribution is 2.38. The normalized spacial score (nSPS) is 12.8. The monoisotopic (exact) mass is 317 g/mol. The number of nitrogens with zero attached hydrogens (tertiary/aromatic N) is 1. The Hall–Kier alpha value is -2.07. The number of unbranched alkanes of at least 4 members (excludes halogenated alkanes) is 1. The van der Waals surface area contributed by atoms with E-state index in [4.69, 9.17) is 11.6 Å². The van der Waals surface area contributed by atoms with E-state index in [0.717, 1.165) is 41.9 Å². The number of phenolic OH excluding ortho intramolecular Hbond substituents is 1. The topological polar surface area (TPSA) is 47.5 Å². The lowest BCUT2D eigenvalue weighted by molar-refractivity contribution is 0.471. The van der Waals surface area contributed by atoms with E-state index in [1.165, 1.54) is 5.56 Å². The van der Waals surface area contributed by atoms with Gasteiger partial charge in [-0.1, -0.05) is 31.0 Å². The van der Waals surface area contributed by atoms with Gasteiger partial charge in [0.25, 0.3) is 0 Å².